The number of rotatable bonds is 5. The molecule has 186 valence electrons. The number of carbonyl (C=O) groups excluding carboxylic acids is 1. The monoisotopic (exact) mass is 482 g/mol. The maximum atomic E-state index is 13.9. The molecule has 1 saturated heterocycles. The summed E-state index contributed by atoms with van der Waals surface area (Å²) >= 11 is 0. The third-order valence-electron chi connectivity index (χ3n) is 8.47. The molecular formula is C30H34N4O2. The van der Waals surface area contributed by atoms with E-state index in [1.807, 2.05) is 12.1 Å². The first-order valence-electron chi connectivity index (χ1n) is 13.2. The molecule has 2 aliphatic carbocycles. The van der Waals surface area contributed by atoms with E-state index in [4.69, 9.17) is 10.5 Å². The lowest BCUT2D eigenvalue weighted by Crippen LogP contribution is -2.50. The van der Waals surface area contributed by atoms with Gasteiger partial charge >= 0.3 is 0 Å². The first-order chi connectivity index (χ1) is 17.3. The van der Waals surface area contributed by atoms with Crippen molar-refractivity contribution in [3.63, 3.8) is 0 Å². The van der Waals surface area contributed by atoms with E-state index in [0.717, 1.165) is 82.9 Å². The molecular weight excluding hydrogens is 448 g/mol. The van der Waals surface area contributed by atoms with E-state index >= 15 is 0 Å². The summed E-state index contributed by atoms with van der Waals surface area (Å²) in [6.07, 6.45) is 5.33. The summed E-state index contributed by atoms with van der Waals surface area (Å²) in [5.74, 6) is 0.806. The fraction of sp³-hybridized carbons (Fsp3) is 0.467. The number of fused-ring (bicyclic) bond motifs is 4. The lowest BCUT2D eigenvalue weighted by atomic mass is 9.70. The second-order valence-electron chi connectivity index (χ2n) is 11.3. The van der Waals surface area contributed by atoms with Crippen LogP contribution in [0.15, 0.2) is 30.3 Å². The number of ketones is 1. The number of anilines is 1. The molecule has 2 unspecified atom stereocenters. The summed E-state index contributed by atoms with van der Waals surface area (Å²) in [5, 5.41) is 10.2. The molecule has 1 aromatic heterocycles. The summed E-state index contributed by atoms with van der Waals surface area (Å²) in [6, 6.07) is 12.0. The van der Waals surface area contributed by atoms with Gasteiger partial charge in [-0.05, 0) is 67.0 Å². The van der Waals surface area contributed by atoms with Gasteiger partial charge in [0.15, 0.2) is 5.78 Å². The summed E-state index contributed by atoms with van der Waals surface area (Å²) in [5.41, 5.74) is 13.5. The van der Waals surface area contributed by atoms with E-state index in [9.17, 15) is 10.1 Å². The first kappa shape index (κ1) is 23.3. The number of hydrogen-bond acceptors (Lipinski definition) is 5. The number of piperidine rings is 1. The first-order valence-corrected chi connectivity index (χ1v) is 13.2. The van der Waals surface area contributed by atoms with Crippen molar-refractivity contribution in [1.29, 1.82) is 5.26 Å². The summed E-state index contributed by atoms with van der Waals surface area (Å²) in [7, 11) is 0. The summed E-state index contributed by atoms with van der Waals surface area (Å²) < 4.78 is 6.16. The van der Waals surface area contributed by atoms with Crippen LogP contribution in [0.3, 0.4) is 0 Å². The minimum Gasteiger partial charge on any atom is -0.378 e. The molecule has 6 heteroatoms. The number of nitrogens with one attached hydrogen (secondary N) is 1. The number of ether oxygens (including phenoxy) is 1. The lowest BCUT2D eigenvalue weighted by Gasteiger charge is -2.41. The van der Waals surface area contributed by atoms with Gasteiger partial charge in [-0.1, -0.05) is 26.8 Å². The zero-order valence-electron chi connectivity index (χ0n) is 21.4. The van der Waals surface area contributed by atoms with Gasteiger partial charge in [-0.2, -0.15) is 5.26 Å². The van der Waals surface area contributed by atoms with Crippen LogP contribution in [0.5, 0.6) is 0 Å². The van der Waals surface area contributed by atoms with Gasteiger partial charge in [0.1, 0.15) is 0 Å². The van der Waals surface area contributed by atoms with Gasteiger partial charge in [-0.25, -0.2) is 0 Å². The largest absolute Gasteiger partial charge is 0.378 e. The second-order valence-corrected chi connectivity index (χ2v) is 11.3. The third kappa shape index (κ3) is 3.65. The van der Waals surface area contributed by atoms with Gasteiger partial charge < -0.3 is 20.4 Å². The molecule has 2 fully saturated rings. The van der Waals surface area contributed by atoms with Crippen LogP contribution in [0.1, 0.15) is 84.8 Å². The van der Waals surface area contributed by atoms with Crippen LogP contribution in [0, 0.1) is 17.2 Å². The average Bonchev–Trinajstić information content (AvgIpc) is 3.63. The molecule has 1 aliphatic heterocycles. The Hall–Kier alpha value is -3.14. The molecule has 0 bridgehead atoms. The zero-order chi connectivity index (χ0) is 25.2. The quantitative estimate of drug-likeness (QED) is 0.524. The predicted molar refractivity (Wildman–Crippen MR) is 141 cm³/mol. The Labute approximate surface area is 212 Å². The Morgan fingerprint density at radius 2 is 2.03 bits per heavy atom. The maximum absolute atomic E-state index is 13.9. The fourth-order valence-electron chi connectivity index (χ4n) is 6.10. The Balaban J connectivity index is 1.39. The van der Waals surface area contributed by atoms with Crippen molar-refractivity contribution in [3.05, 3.63) is 63.8 Å². The Kier molecular flexibility index (Phi) is 5.47. The number of aromatic nitrogens is 1. The van der Waals surface area contributed by atoms with Crippen molar-refractivity contribution in [3.8, 4) is 6.07 Å². The van der Waals surface area contributed by atoms with Gasteiger partial charge in [0.25, 0.3) is 0 Å². The molecule has 6 rings (SSSR count). The molecule has 0 spiro atoms. The van der Waals surface area contributed by atoms with Crippen molar-refractivity contribution >= 4 is 22.4 Å². The van der Waals surface area contributed by atoms with Gasteiger partial charge in [0.2, 0.25) is 0 Å². The normalized spacial score (nSPS) is 22.9. The Morgan fingerprint density at radius 1 is 1.22 bits per heavy atom. The number of carbonyl (C=O) groups is 1. The van der Waals surface area contributed by atoms with E-state index < -0.39 is 5.41 Å². The fourth-order valence-corrected chi connectivity index (χ4v) is 6.10. The molecule has 3 aliphatic rings. The SMILES string of the molecule is CCc1cc2c(cc1N1CCC(OCC3CC3)CC1N)C(C)(C)c1[nH]c3cc(C#N)ccc3c1C2=O. The van der Waals surface area contributed by atoms with Crippen molar-refractivity contribution in [2.24, 2.45) is 11.7 Å². The van der Waals surface area contributed by atoms with Crippen LogP contribution in [0.25, 0.3) is 10.9 Å². The van der Waals surface area contributed by atoms with Crippen LogP contribution < -0.4 is 10.6 Å². The van der Waals surface area contributed by atoms with E-state index in [1.165, 1.54) is 12.8 Å². The molecule has 1 saturated carbocycles. The van der Waals surface area contributed by atoms with Gasteiger partial charge in [-0.3, -0.25) is 4.79 Å². The Morgan fingerprint density at radius 3 is 2.72 bits per heavy atom. The van der Waals surface area contributed by atoms with Crippen molar-refractivity contribution in [2.75, 3.05) is 18.1 Å². The molecule has 2 aromatic carbocycles. The molecule has 2 heterocycles. The number of hydrogen-bond donors (Lipinski definition) is 2. The number of benzene rings is 2. The molecule has 2 atom stereocenters. The number of aromatic amines is 1. The van der Waals surface area contributed by atoms with Gasteiger partial charge in [0.05, 0.1) is 29.5 Å². The summed E-state index contributed by atoms with van der Waals surface area (Å²) in [4.78, 5) is 19.7. The molecule has 6 nitrogen and oxygen atoms in total. The summed E-state index contributed by atoms with van der Waals surface area (Å²) in [6.45, 7) is 8.21. The molecule has 36 heavy (non-hydrogen) atoms. The van der Waals surface area contributed by atoms with Crippen LogP contribution >= 0.6 is 0 Å². The van der Waals surface area contributed by atoms with Gasteiger partial charge in [0, 0.05) is 52.8 Å². The topological polar surface area (TPSA) is 95.1 Å². The number of nitrogens with zero attached hydrogens (tertiary/aromatic N) is 2. The van der Waals surface area contributed by atoms with Crippen LogP contribution in [-0.4, -0.2) is 36.2 Å². The molecule has 0 amide bonds. The second kappa shape index (κ2) is 8.47. The third-order valence-corrected chi connectivity index (χ3v) is 8.47. The van der Waals surface area contributed by atoms with E-state index in [0.29, 0.717) is 5.56 Å². The van der Waals surface area contributed by atoms with Crippen LogP contribution in [-0.2, 0) is 16.6 Å². The van der Waals surface area contributed by atoms with Crippen molar-refractivity contribution in [1.82, 2.24) is 4.98 Å². The standard InChI is InChI=1S/C30H34N4O2/c1-4-19-12-22-23(14-25(19)34-10-9-20(13-26(34)32)36-16-17-5-6-17)30(2,3)29-27(28(22)35)21-8-7-18(15-31)11-24(21)33-29/h7-8,11-12,14,17,20,26,33H,4-6,9-10,13,16,32H2,1-3H3. The van der Waals surface area contributed by atoms with Gasteiger partial charge in [-0.15, -0.1) is 0 Å². The number of nitriles is 1. The average molecular weight is 483 g/mol. The predicted octanol–water partition coefficient (Wildman–Crippen LogP) is 5.15. The molecule has 3 aromatic rings. The Bertz CT molecular complexity index is 1410. The maximum Gasteiger partial charge on any atom is 0.195 e. The van der Waals surface area contributed by atoms with E-state index in [1.54, 1.807) is 6.07 Å². The van der Waals surface area contributed by atoms with Crippen molar-refractivity contribution < 1.29 is 9.53 Å². The van der Waals surface area contributed by atoms with E-state index in [-0.39, 0.29) is 18.1 Å². The minimum atomic E-state index is -0.402. The minimum absolute atomic E-state index is 0.0491. The number of aryl methyl sites for hydroxylation is 1. The number of H-pyrrole nitrogens is 1. The highest BCUT2D eigenvalue weighted by Gasteiger charge is 2.41. The smallest absolute Gasteiger partial charge is 0.195 e. The number of nitrogens with two attached hydrogens (primary N) is 1. The van der Waals surface area contributed by atoms with Crippen molar-refractivity contribution in [2.45, 2.75) is 70.6 Å². The van der Waals surface area contributed by atoms with Crippen LogP contribution in [0.2, 0.25) is 0 Å². The lowest BCUT2D eigenvalue weighted by molar-refractivity contribution is 0.0223. The molecule has 0 radical (unpaired) electrons. The highest BCUT2D eigenvalue weighted by Crippen LogP contribution is 2.46. The van der Waals surface area contributed by atoms with Crippen LogP contribution in [0.4, 0.5) is 5.69 Å². The highest BCUT2D eigenvalue weighted by atomic mass is 16.5. The molecule has 3 N–H and O–H groups in total. The van der Waals surface area contributed by atoms with E-state index in [2.05, 4.69) is 48.9 Å². The highest BCUT2D eigenvalue weighted by molar-refractivity contribution is 6.20. The zero-order valence-corrected chi connectivity index (χ0v) is 21.4.